The minimum atomic E-state index is -0.572. The number of hydrogen-bond donors (Lipinski definition) is 0. The molecule has 0 saturated heterocycles. The Morgan fingerprint density at radius 2 is 2.36 bits per heavy atom. The molecule has 1 aromatic rings. The molecule has 1 rings (SSSR count). The molecule has 0 N–H and O–H groups in total. The summed E-state index contributed by atoms with van der Waals surface area (Å²) in [6.07, 6.45) is 4.96. The molecule has 0 unspecified atom stereocenters. The molecule has 1 aromatic carbocycles. The van der Waals surface area contributed by atoms with Crippen molar-refractivity contribution in [1.82, 2.24) is 0 Å². The van der Waals surface area contributed by atoms with Gasteiger partial charge in [0.25, 0.3) is 0 Å². The fraction of sp³-hybridized carbons (Fsp3) is 0.111. The smallest absolute Gasteiger partial charge is 0.312 e. The molecule has 72 valence electrons. The van der Waals surface area contributed by atoms with Crippen LogP contribution >= 0.6 is 11.6 Å². The van der Waals surface area contributed by atoms with Gasteiger partial charge in [0, 0.05) is 11.1 Å². The molecule has 5 heteroatoms. The summed E-state index contributed by atoms with van der Waals surface area (Å²) in [6.45, 7) is -0.0114. The maximum Gasteiger partial charge on any atom is 0.312 e. The second-order valence-electron chi connectivity index (χ2n) is 2.36. The van der Waals surface area contributed by atoms with Gasteiger partial charge in [-0.25, -0.2) is 0 Å². The van der Waals surface area contributed by atoms with Crippen molar-refractivity contribution >= 4 is 17.3 Å². The maximum absolute atomic E-state index is 10.6. The first-order valence-electron chi connectivity index (χ1n) is 3.65. The van der Waals surface area contributed by atoms with Crippen molar-refractivity contribution in [3.63, 3.8) is 0 Å². The van der Waals surface area contributed by atoms with Gasteiger partial charge in [0.2, 0.25) is 0 Å². The molecule has 0 saturated carbocycles. The predicted molar refractivity (Wildman–Crippen MR) is 52.4 cm³/mol. The van der Waals surface area contributed by atoms with E-state index in [0.717, 1.165) is 0 Å². The topological polar surface area (TPSA) is 52.4 Å². The lowest BCUT2D eigenvalue weighted by molar-refractivity contribution is -0.385. The van der Waals surface area contributed by atoms with Gasteiger partial charge >= 0.3 is 5.69 Å². The highest BCUT2D eigenvalue weighted by molar-refractivity contribution is 6.30. The third-order valence-corrected chi connectivity index (χ3v) is 1.66. The first-order valence-corrected chi connectivity index (χ1v) is 4.03. The van der Waals surface area contributed by atoms with Gasteiger partial charge < -0.3 is 4.74 Å². The van der Waals surface area contributed by atoms with E-state index in [-0.39, 0.29) is 23.1 Å². The van der Waals surface area contributed by atoms with Crippen LogP contribution in [0.3, 0.4) is 0 Å². The molecular formula is C9H6ClNO3. The van der Waals surface area contributed by atoms with Crippen LogP contribution in [-0.2, 0) is 0 Å². The van der Waals surface area contributed by atoms with Crippen molar-refractivity contribution in [3.8, 4) is 18.1 Å². The van der Waals surface area contributed by atoms with Crippen molar-refractivity contribution in [2.75, 3.05) is 6.61 Å². The summed E-state index contributed by atoms with van der Waals surface area (Å²) in [5.74, 6) is 2.34. The van der Waals surface area contributed by atoms with Crippen LogP contribution in [0.15, 0.2) is 18.2 Å². The van der Waals surface area contributed by atoms with Gasteiger partial charge in [-0.05, 0) is 12.1 Å². The number of rotatable bonds is 3. The number of nitro benzene ring substituents is 1. The van der Waals surface area contributed by atoms with Gasteiger partial charge in [-0.1, -0.05) is 17.5 Å². The molecule has 0 radical (unpaired) electrons. The van der Waals surface area contributed by atoms with Gasteiger partial charge in [-0.2, -0.15) is 0 Å². The van der Waals surface area contributed by atoms with Gasteiger partial charge in [0.05, 0.1) is 4.92 Å². The fourth-order valence-electron chi connectivity index (χ4n) is 0.875. The third-order valence-electron chi connectivity index (χ3n) is 1.43. The van der Waals surface area contributed by atoms with Crippen LogP contribution in [0.4, 0.5) is 5.69 Å². The van der Waals surface area contributed by atoms with E-state index in [1.54, 1.807) is 0 Å². The lowest BCUT2D eigenvalue weighted by Gasteiger charge is -2.02. The SMILES string of the molecule is C#CCOc1ccc(Cl)cc1[N+](=O)[O-]. The van der Waals surface area contributed by atoms with Gasteiger partial charge in [-0.3, -0.25) is 10.1 Å². The Kier molecular flexibility index (Phi) is 3.32. The molecule has 0 aromatic heterocycles. The van der Waals surface area contributed by atoms with Gasteiger partial charge in [0.1, 0.15) is 6.61 Å². The summed E-state index contributed by atoms with van der Waals surface area (Å²) >= 11 is 5.59. The van der Waals surface area contributed by atoms with Crippen LogP contribution in [0.5, 0.6) is 5.75 Å². The summed E-state index contributed by atoms with van der Waals surface area (Å²) in [5, 5.41) is 10.8. The summed E-state index contributed by atoms with van der Waals surface area (Å²) in [4.78, 5) is 9.98. The Bertz CT molecular complexity index is 398. The molecule has 0 atom stereocenters. The molecule has 0 fully saturated rings. The van der Waals surface area contributed by atoms with Crippen molar-refractivity contribution < 1.29 is 9.66 Å². The fourth-order valence-corrected chi connectivity index (χ4v) is 1.04. The number of terminal acetylenes is 1. The largest absolute Gasteiger partial charge is 0.474 e. The Balaban J connectivity index is 3.03. The molecule has 4 nitrogen and oxygen atoms in total. The number of ether oxygens (including phenoxy) is 1. The van der Waals surface area contributed by atoms with Crippen LogP contribution in [0.2, 0.25) is 5.02 Å². The summed E-state index contributed by atoms with van der Waals surface area (Å²) in [7, 11) is 0. The number of nitro groups is 1. The summed E-state index contributed by atoms with van der Waals surface area (Å²) < 4.78 is 4.97. The van der Waals surface area contributed by atoms with Crippen LogP contribution in [0.1, 0.15) is 0 Å². The number of benzene rings is 1. The van der Waals surface area contributed by atoms with E-state index in [2.05, 4.69) is 5.92 Å². The number of halogens is 1. The zero-order valence-electron chi connectivity index (χ0n) is 7.07. The van der Waals surface area contributed by atoms with E-state index in [1.165, 1.54) is 18.2 Å². The van der Waals surface area contributed by atoms with Crippen LogP contribution in [0, 0.1) is 22.5 Å². The Morgan fingerprint density at radius 3 is 2.93 bits per heavy atom. The Morgan fingerprint density at radius 1 is 1.64 bits per heavy atom. The van der Waals surface area contributed by atoms with E-state index >= 15 is 0 Å². The molecule has 14 heavy (non-hydrogen) atoms. The summed E-state index contributed by atoms with van der Waals surface area (Å²) in [5.41, 5.74) is -0.187. The van der Waals surface area contributed by atoms with E-state index in [1.807, 2.05) is 0 Å². The molecule has 0 amide bonds. The van der Waals surface area contributed by atoms with Crippen molar-refractivity contribution in [1.29, 1.82) is 0 Å². The lowest BCUT2D eigenvalue weighted by atomic mass is 10.3. The van der Waals surface area contributed by atoms with Crippen LogP contribution in [0.25, 0.3) is 0 Å². The standard InChI is InChI=1S/C9H6ClNO3/c1-2-5-14-9-4-3-7(10)6-8(9)11(12)13/h1,3-4,6H,5H2. The monoisotopic (exact) mass is 211 g/mol. The minimum Gasteiger partial charge on any atom is -0.474 e. The second kappa shape index (κ2) is 4.49. The Labute approximate surface area is 85.6 Å². The normalized spacial score (nSPS) is 9.14. The summed E-state index contributed by atoms with van der Waals surface area (Å²) in [6, 6.07) is 4.13. The lowest BCUT2D eigenvalue weighted by Crippen LogP contribution is -1.98. The predicted octanol–water partition coefficient (Wildman–Crippen LogP) is 2.26. The molecule has 0 bridgehead atoms. The van der Waals surface area contributed by atoms with Gasteiger partial charge in [-0.15, -0.1) is 6.42 Å². The average Bonchev–Trinajstić information content (AvgIpc) is 2.15. The molecule has 0 aliphatic carbocycles. The first kappa shape index (κ1) is 10.4. The second-order valence-corrected chi connectivity index (χ2v) is 2.80. The van der Waals surface area contributed by atoms with Crippen molar-refractivity contribution in [2.45, 2.75) is 0 Å². The Hall–Kier alpha value is -1.73. The van der Waals surface area contributed by atoms with E-state index in [9.17, 15) is 10.1 Å². The molecule has 0 aliphatic heterocycles. The van der Waals surface area contributed by atoms with Crippen LogP contribution < -0.4 is 4.74 Å². The molecular weight excluding hydrogens is 206 g/mol. The third kappa shape index (κ3) is 2.38. The van der Waals surface area contributed by atoms with E-state index in [0.29, 0.717) is 0 Å². The molecule has 0 heterocycles. The number of hydrogen-bond acceptors (Lipinski definition) is 3. The van der Waals surface area contributed by atoms with E-state index < -0.39 is 4.92 Å². The quantitative estimate of drug-likeness (QED) is 0.438. The highest BCUT2D eigenvalue weighted by Crippen LogP contribution is 2.29. The average molecular weight is 212 g/mol. The maximum atomic E-state index is 10.6. The molecule has 0 aliphatic rings. The zero-order valence-corrected chi connectivity index (χ0v) is 7.82. The highest BCUT2D eigenvalue weighted by atomic mass is 35.5. The van der Waals surface area contributed by atoms with Gasteiger partial charge in [0.15, 0.2) is 5.75 Å². The minimum absolute atomic E-state index is 0.0114. The zero-order chi connectivity index (χ0) is 10.6. The number of nitrogens with zero attached hydrogens (tertiary/aromatic N) is 1. The first-order chi connectivity index (χ1) is 6.65. The van der Waals surface area contributed by atoms with Crippen LogP contribution in [-0.4, -0.2) is 11.5 Å². The highest BCUT2D eigenvalue weighted by Gasteiger charge is 2.14. The van der Waals surface area contributed by atoms with Crippen molar-refractivity contribution in [2.24, 2.45) is 0 Å². The van der Waals surface area contributed by atoms with E-state index in [4.69, 9.17) is 22.8 Å². The molecule has 0 spiro atoms. The van der Waals surface area contributed by atoms with Crippen molar-refractivity contribution in [3.05, 3.63) is 33.3 Å².